The smallest absolute Gasteiger partial charge is 0.175 e. The van der Waals surface area contributed by atoms with E-state index in [1.807, 2.05) is 19.9 Å². The maximum atomic E-state index is 6.69. The molecular weight excluding hydrogens is 152 g/mol. The van der Waals surface area contributed by atoms with Gasteiger partial charge in [-0.25, -0.2) is 5.41 Å². The summed E-state index contributed by atoms with van der Waals surface area (Å²) < 4.78 is 0. The standard InChI is InChI=1S/C8H18N4/c1-4-5-7(2,3)8(10,11)12-6-9/h9H,4-5,10-11H2,1-3H3. The van der Waals surface area contributed by atoms with E-state index in [2.05, 4.69) is 11.9 Å². The molecule has 4 nitrogen and oxygen atoms in total. The van der Waals surface area contributed by atoms with Crippen LogP contribution < -0.4 is 11.5 Å². The van der Waals surface area contributed by atoms with Crippen LogP contribution >= 0.6 is 0 Å². The van der Waals surface area contributed by atoms with Gasteiger partial charge in [0.1, 0.15) is 0 Å². The Morgan fingerprint density at radius 2 is 1.92 bits per heavy atom. The van der Waals surface area contributed by atoms with Gasteiger partial charge in [-0.15, -0.1) is 0 Å². The van der Waals surface area contributed by atoms with Gasteiger partial charge in [0.15, 0.2) is 5.79 Å². The second kappa shape index (κ2) is 3.81. The van der Waals surface area contributed by atoms with Crippen LogP contribution in [0.15, 0.2) is 4.99 Å². The average molecular weight is 170 g/mol. The highest BCUT2D eigenvalue weighted by molar-refractivity contribution is 5.37. The normalized spacial score (nSPS) is 12.4. The monoisotopic (exact) mass is 170 g/mol. The number of aliphatic imine (C=N–C) groups is 1. The summed E-state index contributed by atoms with van der Waals surface area (Å²) in [5.41, 5.74) is 11.1. The lowest BCUT2D eigenvalue weighted by Crippen LogP contribution is -2.58. The van der Waals surface area contributed by atoms with Crippen molar-refractivity contribution in [2.24, 2.45) is 21.9 Å². The van der Waals surface area contributed by atoms with Crippen molar-refractivity contribution in [3.63, 3.8) is 0 Å². The number of nitrogens with two attached hydrogens (primary N) is 2. The minimum absolute atomic E-state index is 0.296. The van der Waals surface area contributed by atoms with E-state index in [1.54, 1.807) is 0 Å². The maximum Gasteiger partial charge on any atom is 0.175 e. The van der Waals surface area contributed by atoms with Crippen LogP contribution in [0.1, 0.15) is 33.6 Å². The average Bonchev–Trinajstić information content (AvgIpc) is 1.86. The van der Waals surface area contributed by atoms with Crippen LogP contribution in [-0.4, -0.2) is 11.8 Å². The van der Waals surface area contributed by atoms with Crippen molar-refractivity contribution in [3.05, 3.63) is 0 Å². The first-order chi connectivity index (χ1) is 5.37. The summed E-state index contributed by atoms with van der Waals surface area (Å²) in [4.78, 5) is 3.62. The number of hydrogen-bond acceptors (Lipinski definition) is 4. The van der Waals surface area contributed by atoms with Crippen LogP contribution in [0.25, 0.3) is 0 Å². The Morgan fingerprint density at radius 3 is 2.25 bits per heavy atom. The quantitative estimate of drug-likeness (QED) is 0.436. The van der Waals surface area contributed by atoms with Gasteiger partial charge in [0.05, 0.1) is 6.01 Å². The Morgan fingerprint density at radius 1 is 1.42 bits per heavy atom. The number of rotatable bonds is 4. The van der Waals surface area contributed by atoms with Crippen molar-refractivity contribution in [1.29, 1.82) is 5.41 Å². The largest absolute Gasteiger partial charge is 0.294 e. The van der Waals surface area contributed by atoms with Crippen molar-refractivity contribution < 1.29 is 0 Å². The van der Waals surface area contributed by atoms with E-state index in [0.717, 1.165) is 12.8 Å². The number of hydrogen-bond donors (Lipinski definition) is 3. The zero-order valence-electron chi connectivity index (χ0n) is 8.02. The highest BCUT2D eigenvalue weighted by Gasteiger charge is 2.37. The van der Waals surface area contributed by atoms with Gasteiger partial charge in [-0.05, 0) is 6.42 Å². The molecule has 0 bridgehead atoms. The van der Waals surface area contributed by atoms with E-state index in [4.69, 9.17) is 16.9 Å². The summed E-state index contributed by atoms with van der Waals surface area (Å²) >= 11 is 0. The summed E-state index contributed by atoms with van der Waals surface area (Å²) in [5, 5.41) is 6.69. The predicted octanol–water partition coefficient (Wildman–Crippen LogP) is 1.14. The van der Waals surface area contributed by atoms with Crippen molar-refractivity contribution in [2.75, 3.05) is 0 Å². The molecule has 4 heteroatoms. The van der Waals surface area contributed by atoms with E-state index in [-0.39, 0.29) is 5.41 Å². The molecule has 0 atom stereocenters. The Labute approximate surface area is 73.6 Å². The predicted molar refractivity (Wildman–Crippen MR) is 49.9 cm³/mol. The fraction of sp³-hybridized carbons (Fsp3) is 0.875. The highest BCUT2D eigenvalue weighted by atomic mass is 15.2. The lowest BCUT2D eigenvalue weighted by atomic mass is 9.81. The Hall–Kier alpha value is -0.700. The molecule has 0 radical (unpaired) electrons. The van der Waals surface area contributed by atoms with Gasteiger partial charge in [0.2, 0.25) is 0 Å². The van der Waals surface area contributed by atoms with E-state index in [9.17, 15) is 0 Å². The minimum Gasteiger partial charge on any atom is -0.294 e. The fourth-order valence-corrected chi connectivity index (χ4v) is 1.07. The van der Waals surface area contributed by atoms with E-state index in [0.29, 0.717) is 0 Å². The van der Waals surface area contributed by atoms with Gasteiger partial charge in [0, 0.05) is 5.41 Å². The van der Waals surface area contributed by atoms with Crippen LogP contribution in [-0.2, 0) is 0 Å². The minimum atomic E-state index is -1.18. The van der Waals surface area contributed by atoms with E-state index >= 15 is 0 Å². The molecule has 0 unspecified atom stereocenters. The molecular formula is C8H18N4. The van der Waals surface area contributed by atoms with Crippen LogP contribution in [0.2, 0.25) is 0 Å². The second-order valence-electron chi connectivity index (χ2n) is 3.68. The third-order valence-corrected chi connectivity index (χ3v) is 2.20. The molecule has 70 valence electrons. The van der Waals surface area contributed by atoms with Gasteiger partial charge < -0.3 is 0 Å². The summed E-state index contributed by atoms with van der Waals surface area (Å²) in [5.74, 6) is -1.18. The SMILES string of the molecule is CCCC(C)(C)C(N)(N)N=C=N. The maximum absolute atomic E-state index is 6.69. The molecule has 12 heavy (non-hydrogen) atoms. The van der Waals surface area contributed by atoms with Crippen molar-refractivity contribution in [3.8, 4) is 0 Å². The van der Waals surface area contributed by atoms with Crippen LogP contribution in [0.3, 0.4) is 0 Å². The first-order valence-electron chi connectivity index (χ1n) is 4.09. The van der Waals surface area contributed by atoms with E-state index < -0.39 is 5.79 Å². The molecule has 0 spiro atoms. The van der Waals surface area contributed by atoms with Crippen LogP contribution in [0.4, 0.5) is 0 Å². The lowest BCUT2D eigenvalue weighted by Gasteiger charge is -2.36. The number of nitrogens with one attached hydrogen (secondary N) is 1. The van der Waals surface area contributed by atoms with Crippen LogP contribution in [0.5, 0.6) is 0 Å². The van der Waals surface area contributed by atoms with E-state index in [1.165, 1.54) is 0 Å². The molecule has 0 aliphatic heterocycles. The van der Waals surface area contributed by atoms with Crippen molar-refractivity contribution >= 4 is 6.01 Å². The third kappa shape index (κ3) is 2.41. The molecule has 0 saturated carbocycles. The van der Waals surface area contributed by atoms with Crippen LogP contribution in [0, 0.1) is 10.8 Å². The third-order valence-electron chi connectivity index (χ3n) is 2.20. The fourth-order valence-electron chi connectivity index (χ4n) is 1.07. The molecule has 0 heterocycles. The van der Waals surface area contributed by atoms with Gasteiger partial charge in [-0.2, -0.15) is 4.99 Å². The van der Waals surface area contributed by atoms with Gasteiger partial charge in [-0.1, -0.05) is 27.2 Å². The molecule has 0 fully saturated rings. The molecule has 0 saturated heterocycles. The molecule has 0 amide bonds. The summed E-state index contributed by atoms with van der Waals surface area (Å²) in [6, 6.07) is 1.90. The molecule has 0 rings (SSSR count). The van der Waals surface area contributed by atoms with Crippen molar-refractivity contribution in [1.82, 2.24) is 0 Å². The molecule has 5 N–H and O–H groups in total. The number of nitrogens with zero attached hydrogens (tertiary/aromatic N) is 1. The van der Waals surface area contributed by atoms with Crippen molar-refractivity contribution in [2.45, 2.75) is 39.4 Å². The first-order valence-corrected chi connectivity index (χ1v) is 4.09. The Kier molecular flexibility index (Phi) is 3.58. The summed E-state index contributed by atoms with van der Waals surface area (Å²) in [6.07, 6.45) is 1.88. The zero-order chi connectivity index (χ0) is 9.83. The molecule has 0 aromatic heterocycles. The Balaban J connectivity index is 4.61. The van der Waals surface area contributed by atoms with Gasteiger partial charge in [0.25, 0.3) is 0 Å². The topological polar surface area (TPSA) is 88.2 Å². The molecule has 0 aliphatic carbocycles. The molecule has 0 aromatic rings. The molecule has 0 aliphatic rings. The van der Waals surface area contributed by atoms with Gasteiger partial charge in [-0.3, -0.25) is 11.5 Å². The highest BCUT2D eigenvalue weighted by Crippen LogP contribution is 2.30. The first kappa shape index (κ1) is 11.3. The van der Waals surface area contributed by atoms with Gasteiger partial charge >= 0.3 is 0 Å². The molecule has 0 aromatic carbocycles. The second-order valence-corrected chi connectivity index (χ2v) is 3.68. The summed E-state index contributed by atoms with van der Waals surface area (Å²) in [7, 11) is 0. The zero-order valence-corrected chi connectivity index (χ0v) is 8.02. The summed E-state index contributed by atoms with van der Waals surface area (Å²) in [6.45, 7) is 5.95. The Bertz CT molecular complexity index is 189. The lowest BCUT2D eigenvalue weighted by molar-refractivity contribution is 0.163.